The topological polar surface area (TPSA) is 21.3 Å². The van der Waals surface area contributed by atoms with Crippen LogP contribution in [0.5, 0.6) is 5.75 Å². The minimum atomic E-state index is 0.444. The molecule has 0 amide bonds. The Bertz CT molecular complexity index is 408. The van der Waals surface area contributed by atoms with Gasteiger partial charge in [0.2, 0.25) is 0 Å². The molecule has 2 rings (SSSR count). The molecule has 17 heavy (non-hydrogen) atoms. The summed E-state index contributed by atoms with van der Waals surface area (Å²) >= 11 is 0. The molecule has 90 valence electrons. The Hall–Kier alpha value is -1.46. The first-order valence-corrected chi connectivity index (χ1v) is 6.16. The summed E-state index contributed by atoms with van der Waals surface area (Å²) in [5, 5.41) is 3.36. The summed E-state index contributed by atoms with van der Waals surface area (Å²) in [6.07, 6.45) is 8.24. The third kappa shape index (κ3) is 2.81. The number of para-hydroxylation sites is 1. The van der Waals surface area contributed by atoms with Gasteiger partial charge in [0.25, 0.3) is 0 Å². The van der Waals surface area contributed by atoms with E-state index >= 15 is 0 Å². The zero-order valence-electron chi connectivity index (χ0n) is 10.3. The maximum Gasteiger partial charge on any atom is 0.122 e. The number of ether oxygens (including phenoxy) is 1. The van der Waals surface area contributed by atoms with Crippen LogP contribution in [0.3, 0.4) is 0 Å². The van der Waals surface area contributed by atoms with Crippen LogP contribution in [-0.4, -0.2) is 19.7 Å². The van der Waals surface area contributed by atoms with Gasteiger partial charge >= 0.3 is 0 Å². The van der Waals surface area contributed by atoms with E-state index in [1.54, 1.807) is 0 Å². The molecule has 2 nitrogen and oxygen atoms in total. The SMILES string of the molecule is C#CCCC(NC)C1COc2ccccc2C1. The van der Waals surface area contributed by atoms with E-state index in [1.165, 1.54) is 5.56 Å². The van der Waals surface area contributed by atoms with Crippen molar-refractivity contribution in [2.75, 3.05) is 13.7 Å². The Labute approximate surface area is 103 Å². The molecule has 0 fully saturated rings. The molecular weight excluding hydrogens is 210 g/mol. The largest absolute Gasteiger partial charge is 0.493 e. The van der Waals surface area contributed by atoms with Gasteiger partial charge in [0.1, 0.15) is 5.75 Å². The summed E-state index contributed by atoms with van der Waals surface area (Å²) < 4.78 is 5.81. The average molecular weight is 229 g/mol. The fourth-order valence-corrected chi connectivity index (χ4v) is 2.46. The molecule has 0 spiro atoms. The number of terminal acetylenes is 1. The number of fused-ring (bicyclic) bond motifs is 1. The van der Waals surface area contributed by atoms with Gasteiger partial charge in [-0.1, -0.05) is 18.2 Å². The molecule has 1 aliphatic rings. The van der Waals surface area contributed by atoms with Crippen LogP contribution in [0, 0.1) is 18.3 Å². The van der Waals surface area contributed by atoms with Gasteiger partial charge in [-0.25, -0.2) is 0 Å². The molecule has 1 heterocycles. The monoisotopic (exact) mass is 229 g/mol. The lowest BCUT2D eigenvalue weighted by Gasteiger charge is -2.31. The molecule has 0 aromatic heterocycles. The van der Waals surface area contributed by atoms with E-state index in [0.29, 0.717) is 12.0 Å². The normalized spacial score (nSPS) is 19.9. The van der Waals surface area contributed by atoms with Crippen molar-refractivity contribution in [1.82, 2.24) is 5.32 Å². The van der Waals surface area contributed by atoms with Crippen LogP contribution in [0.4, 0.5) is 0 Å². The van der Waals surface area contributed by atoms with Crippen LogP contribution in [0.2, 0.25) is 0 Å². The zero-order valence-corrected chi connectivity index (χ0v) is 10.3. The lowest BCUT2D eigenvalue weighted by molar-refractivity contribution is 0.184. The molecule has 1 aliphatic heterocycles. The standard InChI is InChI=1S/C15H19NO/c1-3-4-8-14(16-2)13-10-12-7-5-6-9-15(12)17-11-13/h1,5-7,9,13-14,16H,4,8,10-11H2,2H3. The summed E-state index contributed by atoms with van der Waals surface area (Å²) in [6, 6.07) is 8.73. The molecular formula is C15H19NO. The van der Waals surface area contributed by atoms with E-state index in [-0.39, 0.29) is 0 Å². The summed E-state index contributed by atoms with van der Waals surface area (Å²) in [4.78, 5) is 0. The van der Waals surface area contributed by atoms with Crippen molar-refractivity contribution in [2.24, 2.45) is 5.92 Å². The molecule has 0 saturated heterocycles. The van der Waals surface area contributed by atoms with Crippen molar-refractivity contribution in [2.45, 2.75) is 25.3 Å². The van der Waals surface area contributed by atoms with Crippen LogP contribution in [0.1, 0.15) is 18.4 Å². The molecule has 0 bridgehead atoms. The maximum absolute atomic E-state index is 5.81. The predicted molar refractivity (Wildman–Crippen MR) is 70.0 cm³/mol. The summed E-state index contributed by atoms with van der Waals surface area (Å²) in [7, 11) is 2.00. The Kier molecular flexibility index (Phi) is 4.06. The van der Waals surface area contributed by atoms with Crippen molar-refractivity contribution in [1.29, 1.82) is 0 Å². The predicted octanol–water partition coefficient (Wildman–Crippen LogP) is 2.24. The fourth-order valence-electron chi connectivity index (χ4n) is 2.46. The number of hydrogen-bond acceptors (Lipinski definition) is 2. The average Bonchev–Trinajstić information content (AvgIpc) is 2.39. The smallest absolute Gasteiger partial charge is 0.122 e. The maximum atomic E-state index is 5.81. The number of hydrogen-bond donors (Lipinski definition) is 1. The summed E-state index contributed by atoms with van der Waals surface area (Å²) in [5.41, 5.74) is 1.31. The van der Waals surface area contributed by atoms with Gasteiger partial charge in [-0.15, -0.1) is 12.3 Å². The van der Waals surface area contributed by atoms with Crippen LogP contribution in [-0.2, 0) is 6.42 Å². The Morgan fingerprint density at radius 3 is 3.12 bits per heavy atom. The molecule has 2 heteroatoms. The van der Waals surface area contributed by atoms with Crippen LogP contribution >= 0.6 is 0 Å². The lowest BCUT2D eigenvalue weighted by atomic mass is 9.88. The third-order valence-corrected chi connectivity index (χ3v) is 3.45. The van der Waals surface area contributed by atoms with Crippen LogP contribution in [0.25, 0.3) is 0 Å². The van der Waals surface area contributed by atoms with E-state index in [2.05, 4.69) is 23.4 Å². The Morgan fingerprint density at radius 2 is 2.35 bits per heavy atom. The van der Waals surface area contributed by atoms with Gasteiger partial charge < -0.3 is 10.1 Å². The summed E-state index contributed by atoms with van der Waals surface area (Å²) in [6.45, 7) is 0.785. The number of nitrogens with one attached hydrogen (secondary N) is 1. The minimum absolute atomic E-state index is 0.444. The first-order valence-electron chi connectivity index (χ1n) is 6.16. The Morgan fingerprint density at radius 1 is 1.53 bits per heavy atom. The highest BCUT2D eigenvalue weighted by Crippen LogP contribution is 2.29. The second-order valence-corrected chi connectivity index (χ2v) is 4.52. The van der Waals surface area contributed by atoms with E-state index in [0.717, 1.165) is 31.6 Å². The van der Waals surface area contributed by atoms with Gasteiger partial charge in [-0.05, 0) is 31.5 Å². The molecule has 1 aromatic rings. The van der Waals surface area contributed by atoms with Crippen molar-refractivity contribution in [3.05, 3.63) is 29.8 Å². The van der Waals surface area contributed by atoms with Gasteiger partial charge in [-0.3, -0.25) is 0 Å². The first-order chi connectivity index (χ1) is 8.35. The van der Waals surface area contributed by atoms with Gasteiger partial charge in [0.05, 0.1) is 6.61 Å². The highest BCUT2D eigenvalue weighted by atomic mass is 16.5. The highest BCUT2D eigenvalue weighted by molar-refractivity contribution is 5.35. The van der Waals surface area contributed by atoms with Crippen molar-refractivity contribution < 1.29 is 4.74 Å². The van der Waals surface area contributed by atoms with Crippen molar-refractivity contribution in [3.63, 3.8) is 0 Å². The summed E-state index contributed by atoms with van der Waals surface area (Å²) in [5.74, 6) is 4.26. The fraction of sp³-hybridized carbons (Fsp3) is 0.467. The van der Waals surface area contributed by atoms with E-state index in [9.17, 15) is 0 Å². The lowest BCUT2D eigenvalue weighted by Crippen LogP contribution is -2.39. The second kappa shape index (κ2) is 5.75. The van der Waals surface area contributed by atoms with Crippen LogP contribution in [0.15, 0.2) is 24.3 Å². The molecule has 0 saturated carbocycles. The molecule has 0 aliphatic carbocycles. The van der Waals surface area contributed by atoms with Gasteiger partial charge in [-0.2, -0.15) is 0 Å². The Balaban J connectivity index is 2.03. The van der Waals surface area contributed by atoms with E-state index in [1.807, 2.05) is 19.2 Å². The molecule has 1 aromatic carbocycles. The van der Waals surface area contributed by atoms with E-state index < -0.39 is 0 Å². The highest BCUT2D eigenvalue weighted by Gasteiger charge is 2.25. The van der Waals surface area contributed by atoms with Crippen molar-refractivity contribution in [3.8, 4) is 18.1 Å². The first kappa shape index (κ1) is 12.0. The number of rotatable bonds is 4. The molecule has 2 atom stereocenters. The minimum Gasteiger partial charge on any atom is -0.493 e. The van der Waals surface area contributed by atoms with Gasteiger partial charge in [0.15, 0.2) is 0 Å². The second-order valence-electron chi connectivity index (χ2n) is 4.52. The third-order valence-electron chi connectivity index (χ3n) is 3.45. The van der Waals surface area contributed by atoms with Crippen molar-refractivity contribution >= 4 is 0 Å². The molecule has 2 unspecified atom stereocenters. The quantitative estimate of drug-likeness (QED) is 0.799. The molecule has 1 N–H and O–H groups in total. The number of benzene rings is 1. The molecule has 0 radical (unpaired) electrons. The van der Waals surface area contributed by atoms with E-state index in [4.69, 9.17) is 11.2 Å². The zero-order chi connectivity index (χ0) is 12.1. The van der Waals surface area contributed by atoms with Crippen LogP contribution < -0.4 is 10.1 Å². The van der Waals surface area contributed by atoms with Gasteiger partial charge in [0, 0.05) is 18.4 Å².